The molecule has 4 aromatic carbocycles. The van der Waals surface area contributed by atoms with Crippen LogP contribution in [0.4, 0.5) is 11.4 Å². The van der Waals surface area contributed by atoms with Crippen LogP contribution in [0, 0.1) is 12.8 Å². The number of hydroxylamine groups is 1. The van der Waals surface area contributed by atoms with Crippen molar-refractivity contribution in [3.63, 3.8) is 0 Å². The zero-order valence-electron chi connectivity index (χ0n) is 20.9. The van der Waals surface area contributed by atoms with Crippen molar-refractivity contribution in [1.82, 2.24) is 0 Å². The predicted molar refractivity (Wildman–Crippen MR) is 144 cm³/mol. The summed E-state index contributed by atoms with van der Waals surface area (Å²) in [5.41, 5.74) is 2.78. The molecule has 3 atom stereocenters. The Balaban J connectivity index is 1.35. The summed E-state index contributed by atoms with van der Waals surface area (Å²) in [5.74, 6) is -1.46. The van der Waals surface area contributed by atoms with Crippen LogP contribution >= 0.6 is 0 Å². The number of fused-ring (bicyclic) bond motifs is 1. The second-order valence-corrected chi connectivity index (χ2v) is 11.0. The smallest absolute Gasteiger partial charge is 0.339 e. The summed E-state index contributed by atoms with van der Waals surface area (Å²) in [6.07, 6.45) is -1.00. The number of anilines is 2. The summed E-state index contributed by atoms with van der Waals surface area (Å²) < 4.78 is 30.7. The van der Waals surface area contributed by atoms with Gasteiger partial charge in [0.05, 0.1) is 17.4 Å². The third-order valence-corrected chi connectivity index (χ3v) is 8.11. The largest absolute Gasteiger partial charge is 0.379 e. The van der Waals surface area contributed by atoms with E-state index in [4.69, 9.17) is 9.02 Å². The van der Waals surface area contributed by atoms with Crippen LogP contribution in [0.1, 0.15) is 17.2 Å². The standard InChI is InChI=1S/C30H24N2O6S/c1-20-9-8-12-23(19-20)31-29(33)26-27(32(37-28(26)30(31)34)22-10-4-2-5-11-22)21-15-17-24(18-16-21)38-39(35,36)25-13-6-3-7-14-25/h2-19,26-28H,1H3/t26-,27-,28-/m1/s1. The maximum Gasteiger partial charge on any atom is 0.339 e. The van der Waals surface area contributed by atoms with E-state index in [-0.39, 0.29) is 16.6 Å². The minimum atomic E-state index is -4.01. The highest BCUT2D eigenvalue weighted by molar-refractivity contribution is 7.87. The molecular weight excluding hydrogens is 516 g/mol. The highest BCUT2D eigenvalue weighted by atomic mass is 32.2. The predicted octanol–water partition coefficient (Wildman–Crippen LogP) is 4.81. The quantitative estimate of drug-likeness (QED) is 0.256. The number of nitrogens with zero attached hydrogens (tertiary/aromatic N) is 2. The van der Waals surface area contributed by atoms with Crippen molar-refractivity contribution in [3.8, 4) is 5.75 Å². The van der Waals surface area contributed by atoms with Gasteiger partial charge in [-0.05, 0) is 66.6 Å². The Morgan fingerprint density at radius 3 is 2.05 bits per heavy atom. The molecule has 0 bridgehead atoms. The monoisotopic (exact) mass is 540 g/mol. The van der Waals surface area contributed by atoms with E-state index < -0.39 is 34.1 Å². The van der Waals surface area contributed by atoms with Gasteiger partial charge in [-0.25, -0.2) is 9.96 Å². The van der Waals surface area contributed by atoms with Crippen LogP contribution in [0.15, 0.2) is 114 Å². The van der Waals surface area contributed by atoms with Gasteiger partial charge in [-0.2, -0.15) is 8.42 Å². The molecule has 2 aliphatic rings. The van der Waals surface area contributed by atoms with Crippen LogP contribution in [-0.2, 0) is 24.5 Å². The molecule has 2 heterocycles. The minimum absolute atomic E-state index is 0.0441. The van der Waals surface area contributed by atoms with Gasteiger partial charge in [-0.3, -0.25) is 14.4 Å². The Morgan fingerprint density at radius 2 is 1.38 bits per heavy atom. The molecular formula is C30H24N2O6S. The van der Waals surface area contributed by atoms with E-state index in [0.717, 1.165) is 5.56 Å². The number of carbonyl (C=O) groups excluding carboxylic acids is 2. The summed E-state index contributed by atoms with van der Waals surface area (Å²) in [7, 11) is -4.01. The second kappa shape index (κ2) is 9.68. The van der Waals surface area contributed by atoms with E-state index in [0.29, 0.717) is 16.9 Å². The number of rotatable bonds is 6. The van der Waals surface area contributed by atoms with Gasteiger partial charge in [0.1, 0.15) is 16.6 Å². The molecule has 2 saturated heterocycles. The van der Waals surface area contributed by atoms with Gasteiger partial charge in [0.15, 0.2) is 6.10 Å². The highest BCUT2D eigenvalue weighted by Gasteiger charge is 2.60. The van der Waals surface area contributed by atoms with E-state index in [9.17, 15) is 18.0 Å². The van der Waals surface area contributed by atoms with Crippen LogP contribution in [0.25, 0.3) is 0 Å². The molecule has 6 rings (SSSR count). The third kappa shape index (κ3) is 4.45. The molecule has 0 radical (unpaired) electrons. The Morgan fingerprint density at radius 1 is 0.744 bits per heavy atom. The number of hydrogen-bond donors (Lipinski definition) is 0. The molecule has 9 heteroatoms. The topological polar surface area (TPSA) is 93.2 Å². The molecule has 0 aliphatic carbocycles. The van der Waals surface area contributed by atoms with Crippen molar-refractivity contribution in [2.24, 2.45) is 5.92 Å². The minimum Gasteiger partial charge on any atom is -0.379 e. The molecule has 196 valence electrons. The lowest BCUT2D eigenvalue weighted by Crippen LogP contribution is -2.37. The van der Waals surface area contributed by atoms with Gasteiger partial charge < -0.3 is 4.18 Å². The lowest BCUT2D eigenvalue weighted by molar-refractivity contribution is -0.126. The number of para-hydroxylation sites is 1. The molecule has 2 fully saturated rings. The van der Waals surface area contributed by atoms with Gasteiger partial charge in [0.25, 0.3) is 5.91 Å². The summed E-state index contributed by atoms with van der Waals surface area (Å²) in [6, 6.07) is 30.1. The number of aryl methyl sites for hydroxylation is 1. The average molecular weight is 541 g/mol. The maximum absolute atomic E-state index is 13.8. The Hall–Kier alpha value is -4.47. The van der Waals surface area contributed by atoms with Crippen LogP contribution < -0.4 is 14.1 Å². The van der Waals surface area contributed by atoms with Crippen LogP contribution in [0.3, 0.4) is 0 Å². The van der Waals surface area contributed by atoms with Crippen molar-refractivity contribution < 1.29 is 27.0 Å². The molecule has 0 unspecified atom stereocenters. The molecule has 0 aromatic heterocycles. The normalized spacial score (nSPS) is 20.8. The van der Waals surface area contributed by atoms with E-state index in [1.165, 1.54) is 29.2 Å². The van der Waals surface area contributed by atoms with E-state index >= 15 is 0 Å². The van der Waals surface area contributed by atoms with Crippen molar-refractivity contribution in [2.45, 2.75) is 24.0 Å². The third-order valence-electron chi connectivity index (χ3n) is 6.85. The fraction of sp³-hybridized carbons (Fsp3) is 0.133. The molecule has 8 nitrogen and oxygen atoms in total. The molecule has 2 aliphatic heterocycles. The first-order chi connectivity index (χ1) is 18.8. The molecule has 39 heavy (non-hydrogen) atoms. The number of imide groups is 1. The first-order valence-corrected chi connectivity index (χ1v) is 13.8. The molecule has 0 spiro atoms. The Kier molecular flexibility index (Phi) is 6.17. The molecule has 0 saturated carbocycles. The van der Waals surface area contributed by atoms with Crippen LogP contribution in [-0.4, -0.2) is 26.3 Å². The summed E-state index contributed by atoms with van der Waals surface area (Å²) in [5, 5.41) is 1.59. The van der Waals surface area contributed by atoms with E-state index in [1.54, 1.807) is 53.6 Å². The highest BCUT2D eigenvalue weighted by Crippen LogP contribution is 2.47. The molecule has 4 aromatic rings. The SMILES string of the molecule is Cc1cccc(N2C(=O)[C@@H]3[C@@H](c4ccc(OS(=O)(=O)c5ccccc5)cc4)N(c4ccccc4)O[C@H]3C2=O)c1. The van der Waals surface area contributed by atoms with Gasteiger partial charge in [-0.1, -0.05) is 60.7 Å². The fourth-order valence-electron chi connectivity index (χ4n) is 5.06. The summed E-state index contributed by atoms with van der Waals surface area (Å²) in [4.78, 5) is 34.7. The first kappa shape index (κ1) is 24.8. The summed E-state index contributed by atoms with van der Waals surface area (Å²) >= 11 is 0. The number of benzene rings is 4. The molecule has 2 amide bonds. The Bertz CT molecular complexity index is 1640. The second-order valence-electron chi connectivity index (χ2n) is 9.43. The number of hydrogen-bond acceptors (Lipinski definition) is 7. The maximum atomic E-state index is 13.8. The lowest BCUT2D eigenvalue weighted by atomic mass is 9.90. The van der Waals surface area contributed by atoms with Crippen LogP contribution in [0.2, 0.25) is 0 Å². The van der Waals surface area contributed by atoms with Crippen molar-refractivity contribution in [3.05, 3.63) is 120 Å². The van der Waals surface area contributed by atoms with Gasteiger partial charge in [0.2, 0.25) is 5.91 Å². The van der Waals surface area contributed by atoms with Gasteiger partial charge >= 0.3 is 10.1 Å². The Labute approximate surface area is 226 Å². The fourth-order valence-corrected chi connectivity index (χ4v) is 6.01. The van der Waals surface area contributed by atoms with E-state index in [2.05, 4.69) is 0 Å². The van der Waals surface area contributed by atoms with E-state index in [1.807, 2.05) is 43.3 Å². The van der Waals surface area contributed by atoms with Gasteiger partial charge in [-0.15, -0.1) is 0 Å². The zero-order chi connectivity index (χ0) is 27.1. The van der Waals surface area contributed by atoms with Crippen molar-refractivity contribution in [2.75, 3.05) is 9.96 Å². The first-order valence-electron chi connectivity index (χ1n) is 12.4. The van der Waals surface area contributed by atoms with Crippen LogP contribution in [0.5, 0.6) is 5.75 Å². The van der Waals surface area contributed by atoms with Crippen molar-refractivity contribution in [1.29, 1.82) is 0 Å². The number of amides is 2. The zero-order valence-corrected chi connectivity index (χ0v) is 21.7. The number of carbonyl (C=O) groups is 2. The molecule has 0 N–H and O–H groups in total. The van der Waals surface area contributed by atoms with Gasteiger partial charge in [0, 0.05) is 0 Å². The lowest BCUT2D eigenvalue weighted by Gasteiger charge is -2.29. The average Bonchev–Trinajstić information content (AvgIpc) is 3.45. The summed E-state index contributed by atoms with van der Waals surface area (Å²) in [6.45, 7) is 1.90. The van der Waals surface area contributed by atoms with Crippen molar-refractivity contribution >= 4 is 33.3 Å².